The summed E-state index contributed by atoms with van der Waals surface area (Å²) in [4.78, 5) is 11.9. The minimum absolute atomic E-state index is 0.0740. The number of aryl methyl sites for hydroxylation is 1. The highest BCUT2D eigenvalue weighted by Crippen LogP contribution is 2.30. The first kappa shape index (κ1) is 14.1. The Morgan fingerprint density at radius 3 is 2.55 bits per heavy atom. The summed E-state index contributed by atoms with van der Waals surface area (Å²) in [5, 5.41) is 8.88. The van der Waals surface area contributed by atoms with Crippen molar-refractivity contribution in [3.63, 3.8) is 0 Å². The number of anilines is 1. The molecule has 1 aromatic carbocycles. The van der Waals surface area contributed by atoms with Gasteiger partial charge >= 0.3 is 6.18 Å². The molecule has 0 unspecified atom stereocenters. The largest absolute Gasteiger partial charge is 0.416 e. The first-order chi connectivity index (χ1) is 9.29. The zero-order valence-electron chi connectivity index (χ0n) is 10.8. The minimum atomic E-state index is -4.44. The van der Waals surface area contributed by atoms with Crippen LogP contribution in [0.5, 0.6) is 0 Å². The van der Waals surface area contributed by atoms with E-state index in [-0.39, 0.29) is 11.4 Å². The number of carbonyl (C=O) groups excluding carboxylic acids is 1. The molecule has 2 rings (SSSR count). The van der Waals surface area contributed by atoms with Gasteiger partial charge in [-0.05, 0) is 32.0 Å². The fourth-order valence-electron chi connectivity index (χ4n) is 1.67. The van der Waals surface area contributed by atoms with Gasteiger partial charge in [0.15, 0.2) is 5.69 Å². The monoisotopic (exact) mass is 283 g/mol. The van der Waals surface area contributed by atoms with Crippen LogP contribution in [0.4, 0.5) is 18.9 Å². The number of carbonyl (C=O) groups is 1. The van der Waals surface area contributed by atoms with Crippen LogP contribution in [0.25, 0.3) is 0 Å². The summed E-state index contributed by atoms with van der Waals surface area (Å²) in [6, 6.07) is 4.45. The van der Waals surface area contributed by atoms with E-state index in [1.54, 1.807) is 13.8 Å². The molecule has 0 radical (unpaired) electrons. The Kier molecular flexibility index (Phi) is 3.52. The maximum Gasteiger partial charge on any atom is 0.416 e. The van der Waals surface area contributed by atoms with Gasteiger partial charge < -0.3 is 5.32 Å². The first-order valence-electron chi connectivity index (χ1n) is 5.79. The number of aromatic amines is 1. The van der Waals surface area contributed by atoms with Crippen LogP contribution in [-0.4, -0.2) is 16.1 Å². The highest BCUT2D eigenvalue weighted by Gasteiger charge is 2.30. The SMILES string of the molecule is Cc1[nH]nc(C(=O)Nc2cccc(C(F)(F)F)c2)c1C. The van der Waals surface area contributed by atoms with Gasteiger partial charge in [-0.25, -0.2) is 0 Å². The van der Waals surface area contributed by atoms with Crippen molar-refractivity contribution in [1.29, 1.82) is 0 Å². The molecular weight excluding hydrogens is 271 g/mol. The summed E-state index contributed by atoms with van der Waals surface area (Å²) in [5.41, 5.74) is 0.823. The second-order valence-corrected chi connectivity index (χ2v) is 4.35. The molecule has 0 fully saturated rings. The number of nitrogens with one attached hydrogen (secondary N) is 2. The van der Waals surface area contributed by atoms with Crippen molar-refractivity contribution in [1.82, 2.24) is 10.2 Å². The highest BCUT2D eigenvalue weighted by molar-refractivity contribution is 6.03. The van der Waals surface area contributed by atoms with Crippen molar-refractivity contribution in [3.05, 3.63) is 46.8 Å². The molecule has 1 aromatic heterocycles. The average Bonchev–Trinajstić information content (AvgIpc) is 2.69. The lowest BCUT2D eigenvalue weighted by Gasteiger charge is -2.09. The Hall–Kier alpha value is -2.31. The highest BCUT2D eigenvalue weighted by atomic mass is 19.4. The fraction of sp³-hybridized carbons (Fsp3) is 0.231. The third-order valence-corrected chi connectivity index (χ3v) is 2.92. The zero-order valence-corrected chi connectivity index (χ0v) is 10.8. The number of aromatic nitrogens is 2. The van der Waals surface area contributed by atoms with Crippen molar-refractivity contribution < 1.29 is 18.0 Å². The van der Waals surface area contributed by atoms with Crippen molar-refractivity contribution in [3.8, 4) is 0 Å². The third-order valence-electron chi connectivity index (χ3n) is 2.92. The molecule has 0 saturated carbocycles. The van der Waals surface area contributed by atoms with Gasteiger partial charge in [0.25, 0.3) is 5.91 Å². The van der Waals surface area contributed by atoms with Crippen LogP contribution in [0.2, 0.25) is 0 Å². The molecule has 0 aliphatic heterocycles. The van der Waals surface area contributed by atoms with Crippen LogP contribution < -0.4 is 5.32 Å². The van der Waals surface area contributed by atoms with Gasteiger partial charge in [-0.3, -0.25) is 9.89 Å². The minimum Gasteiger partial charge on any atom is -0.321 e. The lowest BCUT2D eigenvalue weighted by Crippen LogP contribution is -2.14. The fourth-order valence-corrected chi connectivity index (χ4v) is 1.67. The second-order valence-electron chi connectivity index (χ2n) is 4.35. The molecule has 0 atom stereocenters. The quantitative estimate of drug-likeness (QED) is 0.888. The van der Waals surface area contributed by atoms with Gasteiger partial charge in [0.1, 0.15) is 0 Å². The predicted molar refractivity (Wildman–Crippen MR) is 67.5 cm³/mol. The van der Waals surface area contributed by atoms with Gasteiger partial charge in [-0.15, -0.1) is 0 Å². The van der Waals surface area contributed by atoms with E-state index in [1.165, 1.54) is 12.1 Å². The summed E-state index contributed by atoms with van der Waals surface area (Å²) >= 11 is 0. The van der Waals surface area contributed by atoms with E-state index >= 15 is 0 Å². The molecule has 0 aliphatic rings. The molecule has 4 nitrogen and oxygen atoms in total. The Balaban J connectivity index is 2.22. The molecule has 106 valence electrons. The Morgan fingerprint density at radius 2 is 2.00 bits per heavy atom. The standard InChI is InChI=1S/C13H12F3N3O/c1-7-8(2)18-19-11(7)12(20)17-10-5-3-4-9(6-10)13(14,15)16/h3-6H,1-2H3,(H,17,20)(H,18,19). The summed E-state index contributed by atoms with van der Waals surface area (Å²) < 4.78 is 37.7. The van der Waals surface area contributed by atoms with Crippen LogP contribution >= 0.6 is 0 Å². The number of alkyl halides is 3. The molecule has 0 bridgehead atoms. The summed E-state index contributed by atoms with van der Waals surface area (Å²) in [6.07, 6.45) is -4.44. The van der Waals surface area contributed by atoms with Crippen LogP contribution in [0, 0.1) is 13.8 Å². The molecular formula is C13H12F3N3O. The Morgan fingerprint density at radius 1 is 1.30 bits per heavy atom. The number of benzene rings is 1. The van der Waals surface area contributed by atoms with Crippen LogP contribution in [0.3, 0.4) is 0 Å². The number of hydrogen-bond donors (Lipinski definition) is 2. The molecule has 2 N–H and O–H groups in total. The number of rotatable bonds is 2. The molecule has 2 aromatic rings. The number of halogens is 3. The van der Waals surface area contributed by atoms with Gasteiger partial charge in [-0.1, -0.05) is 6.07 Å². The Labute approximate surface area is 113 Å². The molecule has 0 aliphatic carbocycles. The lowest BCUT2D eigenvalue weighted by molar-refractivity contribution is -0.137. The topological polar surface area (TPSA) is 57.8 Å². The number of nitrogens with zero attached hydrogens (tertiary/aromatic N) is 1. The number of amides is 1. The van der Waals surface area contributed by atoms with E-state index in [2.05, 4.69) is 15.5 Å². The summed E-state index contributed by atoms with van der Waals surface area (Å²) in [6.45, 7) is 3.46. The van der Waals surface area contributed by atoms with Crippen molar-refractivity contribution in [2.45, 2.75) is 20.0 Å². The maximum absolute atomic E-state index is 12.6. The molecule has 7 heteroatoms. The molecule has 0 spiro atoms. The normalized spacial score (nSPS) is 11.4. The second kappa shape index (κ2) is 4.99. The lowest BCUT2D eigenvalue weighted by atomic mass is 10.1. The van der Waals surface area contributed by atoms with Crippen LogP contribution in [-0.2, 0) is 6.18 Å². The van der Waals surface area contributed by atoms with E-state index in [0.717, 1.165) is 17.8 Å². The summed E-state index contributed by atoms with van der Waals surface area (Å²) in [7, 11) is 0. The number of H-pyrrole nitrogens is 1. The van der Waals surface area contributed by atoms with Crippen molar-refractivity contribution >= 4 is 11.6 Å². The van der Waals surface area contributed by atoms with E-state index in [0.29, 0.717) is 5.56 Å². The molecule has 20 heavy (non-hydrogen) atoms. The van der Waals surface area contributed by atoms with Crippen molar-refractivity contribution in [2.75, 3.05) is 5.32 Å². The van der Waals surface area contributed by atoms with E-state index in [1.807, 2.05) is 0 Å². The van der Waals surface area contributed by atoms with Crippen LogP contribution in [0.15, 0.2) is 24.3 Å². The van der Waals surface area contributed by atoms with E-state index in [4.69, 9.17) is 0 Å². The molecule has 1 amide bonds. The summed E-state index contributed by atoms with van der Waals surface area (Å²) in [5.74, 6) is -0.550. The first-order valence-corrected chi connectivity index (χ1v) is 5.79. The van der Waals surface area contributed by atoms with E-state index in [9.17, 15) is 18.0 Å². The third kappa shape index (κ3) is 2.81. The van der Waals surface area contributed by atoms with Gasteiger partial charge in [-0.2, -0.15) is 18.3 Å². The zero-order chi connectivity index (χ0) is 14.9. The van der Waals surface area contributed by atoms with Gasteiger partial charge in [0, 0.05) is 16.9 Å². The average molecular weight is 283 g/mol. The number of hydrogen-bond acceptors (Lipinski definition) is 2. The molecule has 0 saturated heterocycles. The van der Waals surface area contributed by atoms with Gasteiger partial charge in [0.2, 0.25) is 0 Å². The van der Waals surface area contributed by atoms with E-state index < -0.39 is 17.6 Å². The van der Waals surface area contributed by atoms with Crippen molar-refractivity contribution in [2.24, 2.45) is 0 Å². The van der Waals surface area contributed by atoms with Crippen LogP contribution in [0.1, 0.15) is 27.3 Å². The maximum atomic E-state index is 12.6. The van der Waals surface area contributed by atoms with Gasteiger partial charge in [0.05, 0.1) is 5.56 Å². The Bertz CT molecular complexity index is 647. The molecule has 1 heterocycles. The predicted octanol–water partition coefficient (Wildman–Crippen LogP) is 3.30. The smallest absolute Gasteiger partial charge is 0.321 e.